The zero-order valence-corrected chi connectivity index (χ0v) is 13.3. The molecule has 1 fully saturated rings. The molecule has 0 bridgehead atoms. The summed E-state index contributed by atoms with van der Waals surface area (Å²) in [5.41, 5.74) is 2.58. The quantitative estimate of drug-likeness (QED) is 0.837. The Morgan fingerprint density at radius 3 is 3.05 bits per heavy atom. The minimum atomic E-state index is 0.358. The minimum absolute atomic E-state index is 0.358. The second-order valence-electron chi connectivity index (χ2n) is 5.49. The number of ether oxygens (including phenoxy) is 1. The maximum absolute atomic E-state index is 6.31. The van der Waals surface area contributed by atoms with Crippen molar-refractivity contribution >= 4 is 27.5 Å². The Bertz CT molecular complexity index is 466. The van der Waals surface area contributed by atoms with Crippen LogP contribution in [0.25, 0.3) is 0 Å². The lowest BCUT2D eigenvalue weighted by Crippen LogP contribution is -2.25. The second kappa shape index (κ2) is 6.02. The average molecular weight is 345 g/mol. The zero-order valence-electron chi connectivity index (χ0n) is 10.9. The Kier molecular flexibility index (Phi) is 4.35. The third-order valence-corrected chi connectivity index (χ3v) is 5.15. The van der Waals surface area contributed by atoms with E-state index >= 15 is 0 Å². The lowest BCUT2D eigenvalue weighted by Gasteiger charge is -2.15. The van der Waals surface area contributed by atoms with Crippen LogP contribution < -0.4 is 10.1 Å². The van der Waals surface area contributed by atoms with E-state index in [0.29, 0.717) is 11.3 Å². The van der Waals surface area contributed by atoms with Gasteiger partial charge in [0.05, 0.1) is 6.61 Å². The molecule has 1 aromatic carbocycles. The van der Waals surface area contributed by atoms with Crippen LogP contribution in [0, 0.1) is 5.92 Å². The number of nitrogens with one attached hydrogen (secondary N) is 1. The fraction of sp³-hybridized carbons (Fsp3) is 0.600. The van der Waals surface area contributed by atoms with Crippen LogP contribution in [0.15, 0.2) is 16.6 Å². The van der Waals surface area contributed by atoms with Crippen molar-refractivity contribution in [2.45, 2.75) is 37.6 Å². The monoisotopic (exact) mass is 343 g/mol. The molecule has 4 heteroatoms. The van der Waals surface area contributed by atoms with Crippen LogP contribution in [0.1, 0.15) is 30.4 Å². The van der Waals surface area contributed by atoms with E-state index in [9.17, 15) is 0 Å². The van der Waals surface area contributed by atoms with Crippen LogP contribution in [0.3, 0.4) is 0 Å². The van der Waals surface area contributed by atoms with E-state index in [1.807, 2.05) is 0 Å². The summed E-state index contributed by atoms with van der Waals surface area (Å²) in [6, 6.07) is 4.32. The van der Waals surface area contributed by atoms with E-state index in [2.05, 4.69) is 33.4 Å². The smallest absolute Gasteiger partial charge is 0.127 e. The number of alkyl halides is 1. The van der Waals surface area contributed by atoms with E-state index in [4.69, 9.17) is 16.3 Å². The standard InChI is InChI=1S/C15H19BrClNO/c16-13-6-10-4-5-19-15(10)12(7-13)9-18-8-11-2-1-3-14(11)17/h6-7,11,14,18H,1-5,8-9H2. The maximum Gasteiger partial charge on any atom is 0.127 e. The van der Waals surface area contributed by atoms with E-state index in [0.717, 1.165) is 36.3 Å². The summed E-state index contributed by atoms with van der Waals surface area (Å²) in [5.74, 6) is 1.72. The van der Waals surface area contributed by atoms with Crippen LogP contribution in [0.4, 0.5) is 0 Å². The first kappa shape index (κ1) is 13.7. The molecule has 1 saturated carbocycles. The van der Waals surface area contributed by atoms with Crippen molar-refractivity contribution in [2.24, 2.45) is 5.92 Å². The van der Waals surface area contributed by atoms with Gasteiger partial charge >= 0.3 is 0 Å². The molecule has 2 atom stereocenters. The van der Waals surface area contributed by atoms with Gasteiger partial charge in [0.1, 0.15) is 5.75 Å². The summed E-state index contributed by atoms with van der Waals surface area (Å²) >= 11 is 9.89. The molecule has 1 N–H and O–H groups in total. The van der Waals surface area contributed by atoms with E-state index in [1.54, 1.807) is 0 Å². The predicted molar refractivity (Wildman–Crippen MR) is 82.0 cm³/mol. The second-order valence-corrected chi connectivity index (χ2v) is 6.97. The van der Waals surface area contributed by atoms with Crippen molar-refractivity contribution in [2.75, 3.05) is 13.2 Å². The van der Waals surface area contributed by atoms with Crippen LogP contribution >= 0.6 is 27.5 Å². The van der Waals surface area contributed by atoms with E-state index in [-0.39, 0.29) is 0 Å². The molecule has 104 valence electrons. The van der Waals surface area contributed by atoms with Crippen molar-refractivity contribution in [3.63, 3.8) is 0 Å². The molecule has 2 unspecified atom stereocenters. The van der Waals surface area contributed by atoms with Crippen LogP contribution in [0.2, 0.25) is 0 Å². The Morgan fingerprint density at radius 2 is 2.26 bits per heavy atom. The van der Waals surface area contributed by atoms with E-state index < -0.39 is 0 Å². The lowest BCUT2D eigenvalue weighted by atomic mass is 10.1. The predicted octanol–water partition coefficient (Wildman–Crippen LogP) is 3.88. The third kappa shape index (κ3) is 3.09. The SMILES string of the molecule is ClC1CCCC1CNCc1cc(Br)cc2c1OCC2. The first-order chi connectivity index (χ1) is 9.24. The highest BCUT2D eigenvalue weighted by Crippen LogP contribution is 2.33. The highest BCUT2D eigenvalue weighted by atomic mass is 79.9. The number of fused-ring (bicyclic) bond motifs is 1. The first-order valence-electron chi connectivity index (χ1n) is 7.03. The molecule has 1 aliphatic heterocycles. The fourth-order valence-electron chi connectivity index (χ4n) is 3.09. The number of rotatable bonds is 4. The molecule has 0 amide bonds. The summed E-state index contributed by atoms with van der Waals surface area (Å²) in [7, 11) is 0. The molecule has 0 radical (unpaired) electrons. The van der Waals surface area contributed by atoms with Gasteiger partial charge in [0, 0.05) is 28.4 Å². The first-order valence-corrected chi connectivity index (χ1v) is 8.26. The summed E-state index contributed by atoms with van der Waals surface area (Å²) < 4.78 is 6.88. The van der Waals surface area contributed by atoms with Gasteiger partial charge in [-0.05, 0) is 43.0 Å². The topological polar surface area (TPSA) is 21.3 Å². The number of hydrogen-bond acceptors (Lipinski definition) is 2. The molecular weight excluding hydrogens is 326 g/mol. The van der Waals surface area contributed by atoms with Crippen LogP contribution in [-0.2, 0) is 13.0 Å². The summed E-state index contributed by atoms with van der Waals surface area (Å²) in [5, 5.41) is 3.90. The molecule has 2 nitrogen and oxygen atoms in total. The molecule has 1 heterocycles. The molecule has 1 aliphatic carbocycles. The number of benzene rings is 1. The molecule has 2 aliphatic rings. The van der Waals surface area contributed by atoms with Gasteiger partial charge in [0.15, 0.2) is 0 Å². The Hall–Kier alpha value is -0.250. The molecule has 0 spiro atoms. The van der Waals surface area contributed by atoms with Crippen molar-refractivity contribution in [3.05, 3.63) is 27.7 Å². The lowest BCUT2D eigenvalue weighted by molar-refractivity contribution is 0.351. The Balaban J connectivity index is 1.61. The molecule has 0 saturated heterocycles. The van der Waals surface area contributed by atoms with E-state index in [1.165, 1.54) is 30.4 Å². The summed E-state index contributed by atoms with van der Waals surface area (Å²) in [4.78, 5) is 0. The summed E-state index contributed by atoms with van der Waals surface area (Å²) in [6.45, 7) is 2.68. The van der Waals surface area contributed by atoms with Crippen LogP contribution in [-0.4, -0.2) is 18.5 Å². The highest BCUT2D eigenvalue weighted by Gasteiger charge is 2.25. The van der Waals surface area contributed by atoms with Gasteiger partial charge in [-0.1, -0.05) is 22.4 Å². The number of halogens is 2. The van der Waals surface area contributed by atoms with Crippen molar-refractivity contribution in [3.8, 4) is 5.75 Å². The maximum atomic E-state index is 6.31. The molecule has 19 heavy (non-hydrogen) atoms. The molecular formula is C15H19BrClNO. The Morgan fingerprint density at radius 1 is 1.37 bits per heavy atom. The van der Waals surface area contributed by atoms with Crippen molar-refractivity contribution in [1.29, 1.82) is 0 Å². The number of hydrogen-bond donors (Lipinski definition) is 1. The van der Waals surface area contributed by atoms with Crippen molar-refractivity contribution < 1.29 is 4.74 Å². The molecule has 3 rings (SSSR count). The van der Waals surface area contributed by atoms with Gasteiger partial charge in [0.2, 0.25) is 0 Å². The minimum Gasteiger partial charge on any atom is -0.493 e. The zero-order chi connectivity index (χ0) is 13.2. The van der Waals surface area contributed by atoms with Gasteiger partial charge in [-0.3, -0.25) is 0 Å². The fourth-order valence-corrected chi connectivity index (χ4v) is 4.01. The normalized spacial score (nSPS) is 25.4. The summed E-state index contributed by atoms with van der Waals surface area (Å²) in [6.07, 6.45) is 4.72. The molecule has 0 aromatic heterocycles. The Labute approximate surface area is 128 Å². The highest BCUT2D eigenvalue weighted by molar-refractivity contribution is 9.10. The largest absolute Gasteiger partial charge is 0.493 e. The van der Waals surface area contributed by atoms with Gasteiger partial charge < -0.3 is 10.1 Å². The third-order valence-electron chi connectivity index (χ3n) is 4.11. The van der Waals surface area contributed by atoms with Gasteiger partial charge in [0.25, 0.3) is 0 Å². The molecule has 1 aromatic rings. The van der Waals surface area contributed by atoms with Crippen molar-refractivity contribution in [1.82, 2.24) is 5.32 Å². The van der Waals surface area contributed by atoms with Gasteiger partial charge in [-0.15, -0.1) is 11.6 Å². The van der Waals surface area contributed by atoms with Gasteiger partial charge in [-0.2, -0.15) is 0 Å². The van der Waals surface area contributed by atoms with Crippen LogP contribution in [0.5, 0.6) is 5.75 Å². The van der Waals surface area contributed by atoms with Gasteiger partial charge in [-0.25, -0.2) is 0 Å². The average Bonchev–Trinajstić information content (AvgIpc) is 2.98.